The van der Waals surface area contributed by atoms with E-state index in [0.717, 1.165) is 13.1 Å². The molecular weight excluding hydrogens is 663 g/mol. The van der Waals surface area contributed by atoms with Gasteiger partial charge in [0.15, 0.2) is 0 Å². The van der Waals surface area contributed by atoms with Crippen molar-refractivity contribution >= 4 is 0 Å². The zero-order chi connectivity index (χ0) is 39.0. The van der Waals surface area contributed by atoms with E-state index in [9.17, 15) is 0 Å². The second-order valence-corrected chi connectivity index (χ2v) is 17.4. The van der Waals surface area contributed by atoms with Crippen molar-refractivity contribution in [2.45, 2.75) is 232 Å². The van der Waals surface area contributed by atoms with Crippen LogP contribution in [0.3, 0.4) is 0 Å². The van der Waals surface area contributed by atoms with Crippen molar-refractivity contribution in [3.05, 3.63) is 96.1 Å². The van der Waals surface area contributed by atoms with Gasteiger partial charge >= 0.3 is 0 Å². The van der Waals surface area contributed by atoms with Crippen molar-refractivity contribution in [3.63, 3.8) is 0 Å². The summed E-state index contributed by atoms with van der Waals surface area (Å²) in [7, 11) is 0. The Hall–Kier alpha value is -2.12. The molecule has 0 unspecified atom stereocenters. The Bertz CT molecular complexity index is 1010. The minimum Gasteiger partial charge on any atom is -0.316 e. The van der Waals surface area contributed by atoms with Crippen LogP contribution < -0.4 is 0 Å². The van der Waals surface area contributed by atoms with E-state index in [4.69, 9.17) is 0 Å². The molecule has 2 aromatic rings. The first kappa shape index (κ1) is 49.0. The fourth-order valence-electron chi connectivity index (χ4n) is 8.52. The fraction of sp³-hybridized carbons (Fsp3) is 0.704. The van der Waals surface area contributed by atoms with Gasteiger partial charge < -0.3 is 4.48 Å². The Morgan fingerprint density at radius 1 is 0.309 bits per heavy atom. The minimum atomic E-state index is 1.15. The van der Waals surface area contributed by atoms with Gasteiger partial charge in [-0.15, -0.1) is 0 Å². The molecule has 0 N–H and O–H groups in total. The standard InChI is InChI=1S/C54H92N/c1-3-5-7-9-11-13-15-17-19-21-23-25-27-29-31-33-35-43-49-55(51-53-45-39-37-40-46-53,52-54-47-41-38-42-48-54)50-44-36-34-32-30-28-26-24-22-20-18-16-14-12-10-8-6-4-2/h25-28,37-42,45-48H,3-24,29-36,43-44,49-52H2,1-2H3/q+1/b27-25+,28-26+. The molecule has 0 saturated carbocycles. The average molecular weight is 755 g/mol. The Balaban J connectivity index is 1.67. The first-order valence-corrected chi connectivity index (χ1v) is 24.5. The summed E-state index contributed by atoms with van der Waals surface area (Å²) in [6.45, 7) is 9.50. The molecule has 1 heteroatoms. The maximum absolute atomic E-state index is 2.48. The maximum Gasteiger partial charge on any atom is 0.105 e. The molecule has 0 aromatic heterocycles. The molecule has 0 heterocycles. The topological polar surface area (TPSA) is 0 Å². The molecule has 1 nitrogen and oxygen atoms in total. The third-order valence-electron chi connectivity index (χ3n) is 12.0. The predicted octanol–water partition coefficient (Wildman–Crippen LogP) is 17.8. The highest BCUT2D eigenvalue weighted by molar-refractivity contribution is 5.15. The van der Waals surface area contributed by atoms with Crippen LogP contribution in [-0.2, 0) is 13.1 Å². The van der Waals surface area contributed by atoms with Crippen LogP contribution in [0.1, 0.15) is 230 Å². The molecule has 2 rings (SSSR count). The minimum absolute atomic E-state index is 1.15. The third-order valence-corrected chi connectivity index (χ3v) is 12.0. The first-order valence-electron chi connectivity index (χ1n) is 24.5. The fourth-order valence-corrected chi connectivity index (χ4v) is 8.52. The molecule has 0 aliphatic heterocycles. The van der Waals surface area contributed by atoms with Crippen molar-refractivity contribution in [1.82, 2.24) is 0 Å². The van der Waals surface area contributed by atoms with Gasteiger partial charge in [0.2, 0.25) is 0 Å². The van der Waals surface area contributed by atoms with Crippen molar-refractivity contribution in [2.75, 3.05) is 13.1 Å². The smallest absolute Gasteiger partial charge is 0.105 e. The number of rotatable bonds is 40. The number of allylic oxidation sites excluding steroid dienone is 4. The van der Waals surface area contributed by atoms with Gasteiger partial charge in [0, 0.05) is 11.1 Å². The maximum atomic E-state index is 2.48. The van der Waals surface area contributed by atoms with Crippen LogP contribution in [0.4, 0.5) is 0 Å². The van der Waals surface area contributed by atoms with Gasteiger partial charge in [0.25, 0.3) is 0 Å². The summed E-state index contributed by atoms with van der Waals surface area (Å²) < 4.78 is 1.20. The van der Waals surface area contributed by atoms with Crippen LogP contribution in [0.15, 0.2) is 85.0 Å². The highest BCUT2D eigenvalue weighted by atomic mass is 15.3. The van der Waals surface area contributed by atoms with E-state index in [0.29, 0.717) is 0 Å². The number of hydrogen-bond donors (Lipinski definition) is 0. The Labute approximate surface area is 344 Å². The molecule has 55 heavy (non-hydrogen) atoms. The Morgan fingerprint density at radius 3 is 0.855 bits per heavy atom. The van der Waals surface area contributed by atoms with Gasteiger partial charge in [-0.2, -0.15) is 0 Å². The van der Waals surface area contributed by atoms with E-state index >= 15 is 0 Å². The average Bonchev–Trinajstić information content (AvgIpc) is 3.20. The summed E-state index contributed by atoms with van der Waals surface area (Å²) in [4.78, 5) is 0. The van der Waals surface area contributed by atoms with Gasteiger partial charge in [0.05, 0.1) is 13.1 Å². The van der Waals surface area contributed by atoms with Crippen molar-refractivity contribution < 1.29 is 4.48 Å². The lowest BCUT2D eigenvalue weighted by Crippen LogP contribution is -2.48. The zero-order valence-electron chi connectivity index (χ0n) is 37.0. The van der Waals surface area contributed by atoms with Gasteiger partial charge in [-0.3, -0.25) is 0 Å². The lowest BCUT2D eigenvalue weighted by Gasteiger charge is -2.39. The summed E-state index contributed by atoms with van der Waals surface area (Å²) >= 11 is 0. The van der Waals surface area contributed by atoms with E-state index in [1.807, 2.05) is 0 Å². The van der Waals surface area contributed by atoms with Crippen molar-refractivity contribution in [3.8, 4) is 0 Å². The largest absolute Gasteiger partial charge is 0.316 e. The van der Waals surface area contributed by atoms with Gasteiger partial charge in [-0.25, -0.2) is 0 Å². The van der Waals surface area contributed by atoms with Crippen LogP contribution in [0, 0.1) is 0 Å². The van der Waals surface area contributed by atoms with E-state index in [2.05, 4.69) is 98.8 Å². The van der Waals surface area contributed by atoms with Gasteiger partial charge in [0.1, 0.15) is 13.1 Å². The molecule has 0 amide bonds. The van der Waals surface area contributed by atoms with Crippen LogP contribution in [0.2, 0.25) is 0 Å². The number of quaternary nitrogens is 1. The van der Waals surface area contributed by atoms with Crippen LogP contribution in [0.25, 0.3) is 0 Å². The summed E-state index contributed by atoms with van der Waals surface area (Å²) in [6, 6.07) is 22.7. The van der Waals surface area contributed by atoms with Crippen molar-refractivity contribution in [2.24, 2.45) is 0 Å². The monoisotopic (exact) mass is 755 g/mol. The normalized spacial score (nSPS) is 12.1. The lowest BCUT2D eigenvalue weighted by atomic mass is 10.0. The molecule has 0 saturated heterocycles. The molecule has 0 spiro atoms. The summed E-state index contributed by atoms with van der Waals surface area (Å²) in [6.07, 6.45) is 54.4. The molecule has 0 radical (unpaired) electrons. The highest BCUT2D eigenvalue weighted by Crippen LogP contribution is 2.24. The van der Waals surface area contributed by atoms with E-state index in [-0.39, 0.29) is 0 Å². The molecular formula is C54H92N+. The van der Waals surface area contributed by atoms with E-state index in [1.165, 1.54) is 234 Å². The predicted molar refractivity (Wildman–Crippen MR) is 248 cm³/mol. The molecule has 0 aliphatic carbocycles. The zero-order valence-corrected chi connectivity index (χ0v) is 37.0. The van der Waals surface area contributed by atoms with Crippen LogP contribution >= 0.6 is 0 Å². The van der Waals surface area contributed by atoms with Gasteiger partial charge in [-0.05, 0) is 77.0 Å². The molecule has 0 fully saturated rings. The second-order valence-electron chi connectivity index (χ2n) is 17.4. The molecule has 2 aromatic carbocycles. The quantitative estimate of drug-likeness (QED) is 0.0361. The summed E-state index contributed by atoms with van der Waals surface area (Å²) in [5.41, 5.74) is 3.00. The summed E-state index contributed by atoms with van der Waals surface area (Å²) in [5, 5.41) is 0. The van der Waals surface area contributed by atoms with E-state index in [1.54, 1.807) is 0 Å². The molecule has 0 atom stereocenters. The lowest BCUT2D eigenvalue weighted by molar-refractivity contribution is -0.954. The third kappa shape index (κ3) is 29.7. The number of hydrogen-bond acceptors (Lipinski definition) is 0. The second kappa shape index (κ2) is 37.5. The number of benzene rings is 2. The molecule has 0 aliphatic rings. The van der Waals surface area contributed by atoms with Crippen molar-refractivity contribution in [1.29, 1.82) is 0 Å². The summed E-state index contributed by atoms with van der Waals surface area (Å²) in [5.74, 6) is 0. The van der Waals surface area contributed by atoms with Crippen LogP contribution in [0.5, 0.6) is 0 Å². The van der Waals surface area contributed by atoms with E-state index < -0.39 is 0 Å². The molecule has 0 bridgehead atoms. The SMILES string of the molecule is CCCCCCCCCCCC/C=C/CCCCCC[N+](CCCCCC/C=C/CCCCCCCCCCCC)(Cc1ccccc1)Cc1ccccc1. The number of nitrogens with zero attached hydrogens (tertiary/aromatic N) is 1. The number of unbranched alkanes of at least 4 members (excludes halogenated alkanes) is 28. The highest BCUT2D eigenvalue weighted by Gasteiger charge is 2.27. The Kier molecular flexibility index (Phi) is 33.4. The molecule has 312 valence electrons. The van der Waals surface area contributed by atoms with Gasteiger partial charge in [-0.1, -0.05) is 227 Å². The Morgan fingerprint density at radius 2 is 0.564 bits per heavy atom. The van der Waals surface area contributed by atoms with Crippen LogP contribution in [-0.4, -0.2) is 17.6 Å². The first-order chi connectivity index (χ1) is 27.3.